The smallest absolute Gasteiger partial charge is 0.490 e. The molecule has 4 rings (SSSR count). The number of ketones is 1. The van der Waals surface area contributed by atoms with Crippen molar-refractivity contribution in [2.24, 2.45) is 5.41 Å². The van der Waals surface area contributed by atoms with Gasteiger partial charge in [-0.05, 0) is 79.7 Å². The van der Waals surface area contributed by atoms with Crippen LogP contribution in [0.1, 0.15) is 69.1 Å². The summed E-state index contributed by atoms with van der Waals surface area (Å²) < 4.78 is 10.7. The van der Waals surface area contributed by atoms with Crippen LogP contribution in [0.4, 0.5) is 4.79 Å². The van der Waals surface area contributed by atoms with Gasteiger partial charge in [-0.1, -0.05) is 26.0 Å². The Morgan fingerprint density at radius 2 is 1.84 bits per heavy atom. The van der Waals surface area contributed by atoms with Crippen molar-refractivity contribution in [1.29, 1.82) is 0 Å². The highest BCUT2D eigenvalue weighted by Crippen LogP contribution is 2.41. The molecule has 0 radical (unpaired) electrons. The van der Waals surface area contributed by atoms with E-state index in [2.05, 4.69) is 32.9 Å². The topological polar surface area (TPSA) is 96.3 Å². The van der Waals surface area contributed by atoms with Gasteiger partial charge in [0.1, 0.15) is 24.6 Å². The Morgan fingerprint density at radius 3 is 2.49 bits per heavy atom. The molecule has 0 amide bonds. The van der Waals surface area contributed by atoms with Crippen LogP contribution in [-0.2, 0) is 24.0 Å². The number of carboxylic acid groups (broad SMARTS) is 1. The average Bonchev–Trinajstić information content (AvgIpc) is 3.09. The molecule has 37 heavy (non-hydrogen) atoms. The van der Waals surface area contributed by atoms with E-state index in [1.807, 2.05) is 18.7 Å². The SMILES string of the molecule is Cc1cc(CCC(=O)c2sc(C)c3c2CCC(C)(C)C3)cc(C)c1OCC(O)CN1CC(OC(=O)O)C1. The molecule has 1 saturated heterocycles. The van der Waals surface area contributed by atoms with Gasteiger partial charge in [-0.25, -0.2) is 4.79 Å². The van der Waals surface area contributed by atoms with Gasteiger partial charge in [0, 0.05) is 30.9 Å². The molecule has 1 fully saturated rings. The predicted molar refractivity (Wildman–Crippen MR) is 144 cm³/mol. The number of ether oxygens (including phenoxy) is 2. The first-order valence-electron chi connectivity index (χ1n) is 13.1. The summed E-state index contributed by atoms with van der Waals surface area (Å²) in [5.74, 6) is 1.00. The fraction of sp³-hybridized carbons (Fsp3) is 0.586. The number of fused-ring (bicyclic) bond motifs is 1. The highest BCUT2D eigenvalue weighted by Gasteiger charge is 2.32. The fourth-order valence-electron chi connectivity index (χ4n) is 5.58. The first-order valence-corrected chi connectivity index (χ1v) is 13.9. The van der Waals surface area contributed by atoms with Gasteiger partial charge in [-0.15, -0.1) is 11.3 Å². The molecule has 1 aromatic heterocycles. The van der Waals surface area contributed by atoms with Gasteiger partial charge in [0.05, 0.1) is 4.88 Å². The quantitative estimate of drug-likeness (QED) is 0.326. The van der Waals surface area contributed by atoms with E-state index in [4.69, 9.17) is 14.6 Å². The number of nitrogens with zero attached hydrogens (tertiary/aromatic N) is 1. The largest absolute Gasteiger partial charge is 0.506 e. The van der Waals surface area contributed by atoms with Crippen LogP contribution in [0.15, 0.2) is 12.1 Å². The average molecular weight is 530 g/mol. The molecule has 1 aliphatic heterocycles. The molecule has 0 saturated carbocycles. The van der Waals surface area contributed by atoms with Gasteiger partial charge in [-0.3, -0.25) is 9.69 Å². The molecule has 1 unspecified atom stereocenters. The molecule has 0 spiro atoms. The zero-order chi connectivity index (χ0) is 26.9. The van der Waals surface area contributed by atoms with Gasteiger partial charge in [-0.2, -0.15) is 0 Å². The molecule has 2 N–H and O–H groups in total. The molecule has 2 aliphatic rings. The third-order valence-electron chi connectivity index (χ3n) is 7.52. The molecule has 7 nitrogen and oxygen atoms in total. The maximum absolute atomic E-state index is 13.2. The number of benzene rings is 1. The molecule has 1 atom stereocenters. The Bertz CT molecular complexity index is 1140. The Hall–Kier alpha value is -2.42. The first kappa shape index (κ1) is 27.6. The molecular formula is C29H39NO6S. The summed E-state index contributed by atoms with van der Waals surface area (Å²) in [6.45, 7) is 12.3. The summed E-state index contributed by atoms with van der Waals surface area (Å²) in [6, 6.07) is 4.14. The van der Waals surface area contributed by atoms with Crippen molar-refractivity contribution < 1.29 is 29.3 Å². The van der Waals surface area contributed by atoms with E-state index in [1.54, 1.807) is 11.3 Å². The van der Waals surface area contributed by atoms with Crippen molar-refractivity contribution in [2.45, 2.75) is 78.9 Å². The van der Waals surface area contributed by atoms with Gasteiger partial charge in [0.15, 0.2) is 5.78 Å². The number of aryl methyl sites for hydroxylation is 4. The van der Waals surface area contributed by atoms with E-state index in [0.717, 1.165) is 46.6 Å². The molecule has 0 bridgehead atoms. The highest BCUT2D eigenvalue weighted by molar-refractivity contribution is 7.14. The van der Waals surface area contributed by atoms with Crippen LogP contribution in [0, 0.1) is 26.2 Å². The molecular weight excluding hydrogens is 490 g/mol. The molecule has 2 aromatic rings. The standard InChI is InChI=1S/C29H39NO6S/c1-17-10-20(6-7-25(32)27-23-8-9-29(4,5)12-24(23)19(3)37-27)11-18(2)26(17)35-16-21(31)13-30-14-22(15-30)36-28(33)34/h10-11,21-22,31H,6-9,12-16H2,1-5H3,(H,33,34). The van der Waals surface area contributed by atoms with E-state index in [-0.39, 0.29) is 18.5 Å². The Balaban J connectivity index is 1.29. The summed E-state index contributed by atoms with van der Waals surface area (Å²) in [5.41, 5.74) is 6.10. The number of carbonyl (C=O) groups excluding carboxylic acids is 1. The van der Waals surface area contributed by atoms with Crippen molar-refractivity contribution in [1.82, 2.24) is 4.90 Å². The second kappa shape index (κ2) is 11.1. The van der Waals surface area contributed by atoms with E-state index < -0.39 is 12.3 Å². The van der Waals surface area contributed by atoms with E-state index in [0.29, 0.717) is 37.9 Å². The van der Waals surface area contributed by atoms with Crippen molar-refractivity contribution in [3.05, 3.63) is 49.7 Å². The van der Waals surface area contributed by atoms with Gasteiger partial charge in [0.25, 0.3) is 0 Å². The number of aliphatic hydroxyl groups excluding tert-OH is 1. The Morgan fingerprint density at radius 1 is 1.16 bits per heavy atom. The summed E-state index contributed by atoms with van der Waals surface area (Å²) in [4.78, 5) is 28.0. The monoisotopic (exact) mass is 529 g/mol. The number of carbonyl (C=O) groups is 2. The third-order valence-corrected chi connectivity index (χ3v) is 8.75. The third kappa shape index (κ3) is 6.72. The number of β-amino-alcohol motifs (C(OH)–C–C–N with tert-alkyl or cyclic N) is 1. The zero-order valence-corrected chi connectivity index (χ0v) is 23.4. The number of thiophene rings is 1. The van der Waals surface area contributed by atoms with Gasteiger partial charge >= 0.3 is 6.16 Å². The number of Topliss-reactive ketones (excluding diaryl/α,β-unsaturated/α-hetero) is 1. The maximum Gasteiger partial charge on any atom is 0.506 e. The second-order valence-corrected chi connectivity index (χ2v) is 12.7. The van der Waals surface area contributed by atoms with E-state index in [1.165, 1.54) is 16.0 Å². The number of hydrogen-bond donors (Lipinski definition) is 2. The highest BCUT2D eigenvalue weighted by atomic mass is 32.1. The summed E-state index contributed by atoms with van der Waals surface area (Å²) in [6.07, 6.45) is 2.09. The lowest BCUT2D eigenvalue weighted by atomic mass is 9.74. The molecule has 1 aliphatic carbocycles. The van der Waals surface area contributed by atoms with Crippen LogP contribution in [0.2, 0.25) is 0 Å². The molecule has 8 heteroatoms. The lowest BCUT2D eigenvalue weighted by Gasteiger charge is -2.38. The van der Waals surface area contributed by atoms with Gasteiger partial charge in [0.2, 0.25) is 0 Å². The Kier molecular flexibility index (Phi) is 8.31. The van der Waals surface area contributed by atoms with Gasteiger partial charge < -0.3 is 19.7 Å². The number of likely N-dealkylation sites (tertiary alicyclic amines) is 1. The number of aliphatic hydroxyl groups is 1. The lowest BCUT2D eigenvalue weighted by molar-refractivity contribution is -0.0512. The van der Waals surface area contributed by atoms with E-state index in [9.17, 15) is 14.7 Å². The number of rotatable bonds is 10. The molecule has 202 valence electrons. The van der Waals surface area contributed by atoms with Crippen LogP contribution < -0.4 is 4.74 Å². The summed E-state index contributed by atoms with van der Waals surface area (Å²) in [7, 11) is 0. The minimum atomic E-state index is -1.27. The lowest BCUT2D eigenvalue weighted by Crippen LogP contribution is -2.55. The van der Waals surface area contributed by atoms with Crippen LogP contribution in [0.5, 0.6) is 5.75 Å². The summed E-state index contributed by atoms with van der Waals surface area (Å²) >= 11 is 1.67. The van der Waals surface area contributed by atoms with Crippen molar-refractivity contribution in [3.8, 4) is 5.75 Å². The zero-order valence-electron chi connectivity index (χ0n) is 22.6. The van der Waals surface area contributed by atoms with Crippen LogP contribution in [0.25, 0.3) is 0 Å². The minimum Gasteiger partial charge on any atom is -0.490 e. The summed E-state index contributed by atoms with van der Waals surface area (Å²) in [5, 5.41) is 19.0. The van der Waals surface area contributed by atoms with Crippen molar-refractivity contribution in [2.75, 3.05) is 26.2 Å². The Labute approximate surface area is 223 Å². The normalized spacial score (nSPS) is 18.1. The minimum absolute atomic E-state index is 0.153. The second-order valence-electron chi connectivity index (χ2n) is 11.5. The maximum atomic E-state index is 13.2. The van der Waals surface area contributed by atoms with Crippen LogP contribution in [-0.4, -0.2) is 65.5 Å². The van der Waals surface area contributed by atoms with Crippen molar-refractivity contribution in [3.63, 3.8) is 0 Å². The van der Waals surface area contributed by atoms with Crippen LogP contribution in [0.3, 0.4) is 0 Å². The predicted octanol–water partition coefficient (Wildman–Crippen LogP) is 5.12. The first-order chi connectivity index (χ1) is 17.4. The molecule has 2 heterocycles. The van der Waals surface area contributed by atoms with Crippen LogP contribution >= 0.6 is 11.3 Å². The molecule has 1 aromatic carbocycles. The van der Waals surface area contributed by atoms with E-state index >= 15 is 0 Å². The number of hydrogen-bond acceptors (Lipinski definition) is 7. The fourth-order valence-corrected chi connectivity index (χ4v) is 6.77. The van der Waals surface area contributed by atoms with Crippen molar-refractivity contribution >= 4 is 23.3 Å².